The van der Waals surface area contributed by atoms with Crippen molar-refractivity contribution in [2.24, 2.45) is 0 Å². The fourth-order valence-electron chi connectivity index (χ4n) is 2.76. The molecule has 100 valence electrons. The molecule has 18 heavy (non-hydrogen) atoms. The average Bonchev–Trinajstić information content (AvgIpc) is 2.47. The van der Waals surface area contributed by atoms with Crippen LogP contribution in [0.25, 0.3) is 0 Å². The van der Waals surface area contributed by atoms with Crippen molar-refractivity contribution in [2.75, 3.05) is 27.4 Å². The van der Waals surface area contributed by atoms with Gasteiger partial charge < -0.3 is 14.8 Å². The number of aryl methyl sites for hydroxylation is 1. The van der Waals surface area contributed by atoms with E-state index in [1.165, 1.54) is 11.1 Å². The largest absolute Gasteiger partial charge is 0.496 e. The number of methoxy groups -OCH3 is 1. The van der Waals surface area contributed by atoms with Gasteiger partial charge in [0.2, 0.25) is 0 Å². The van der Waals surface area contributed by atoms with Crippen molar-refractivity contribution in [3.63, 3.8) is 0 Å². The van der Waals surface area contributed by atoms with Crippen molar-refractivity contribution in [3.8, 4) is 5.75 Å². The predicted molar refractivity (Wildman–Crippen MR) is 73.2 cm³/mol. The third-order valence-electron chi connectivity index (χ3n) is 4.04. The summed E-state index contributed by atoms with van der Waals surface area (Å²) in [6.45, 7) is 3.82. The van der Waals surface area contributed by atoms with Crippen molar-refractivity contribution < 1.29 is 9.47 Å². The summed E-state index contributed by atoms with van der Waals surface area (Å²) < 4.78 is 10.9. The van der Waals surface area contributed by atoms with E-state index in [1.807, 2.05) is 7.05 Å². The zero-order valence-electron chi connectivity index (χ0n) is 11.6. The maximum atomic E-state index is 5.48. The number of benzene rings is 1. The second kappa shape index (κ2) is 5.72. The Bertz CT molecular complexity index is 397. The summed E-state index contributed by atoms with van der Waals surface area (Å²) in [6, 6.07) is 6.54. The van der Waals surface area contributed by atoms with Crippen LogP contribution in [0.1, 0.15) is 30.9 Å². The Labute approximate surface area is 109 Å². The smallest absolute Gasteiger partial charge is 0.122 e. The molecule has 0 atom stereocenters. The SMILES string of the molecule is CCc1cc(C2(NC)CCOCC2)ccc1OC. The van der Waals surface area contributed by atoms with Crippen molar-refractivity contribution in [2.45, 2.75) is 31.7 Å². The van der Waals surface area contributed by atoms with E-state index in [4.69, 9.17) is 9.47 Å². The molecule has 0 aliphatic carbocycles. The molecule has 0 amide bonds. The van der Waals surface area contributed by atoms with E-state index in [1.54, 1.807) is 7.11 Å². The molecule has 0 saturated carbocycles. The number of hydrogen-bond donors (Lipinski definition) is 1. The van der Waals surface area contributed by atoms with Crippen molar-refractivity contribution >= 4 is 0 Å². The van der Waals surface area contributed by atoms with Gasteiger partial charge in [0, 0.05) is 18.8 Å². The van der Waals surface area contributed by atoms with E-state index in [-0.39, 0.29) is 5.54 Å². The minimum atomic E-state index is 0.0639. The molecule has 1 aliphatic heterocycles. The van der Waals surface area contributed by atoms with Crippen LogP contribution in [0.3, 0.4) is 0 Å². The molecular weight excluding hydrogens is 226 g/mol. The highest BCUT2D eigenvalue weighted by molar-refractivity contribution is 5.40. The lowest BCUT2D eigenvalue weighted by Gasteiger charge is -2.38. The third kappa shape index (κ3) is 2.38. The molecule has 1 aromatic carbocycles. The van der Waals surface area contributed by atoms with Crippen LogP contribution in [-0.4, -0.2) is 27.4 Å². The van der Waals surface area contributed by atoms with Crippen LogP contribution in [-0.2, 0) is 16.7 Å². The average molecular weight is 249 g/mol. The minimum Gasteiger partial charge on any atom is -0.496 e. The molecule has 3 heteroatoms. The maximum absolute atomic E-state index is 5.48. The van der Waals surface area contributed by atoms with Crippen LogP contribution in [0.4, 0.5) is 0 Å². The van der Waals surface area contributed by atoms with Crippen LogP contribution >= 0.6 is 0 Å². The molecule has 1 saturated heterocycles. The van der Waals surface area contributed by atoms with Crippen LogP contribution in [0, 0.1) is 0 Å². The van der Waals surface area contributed by atoms with Crippen molar-refractivity contribution in [3.05, 3.63) is 29.3 Å². The van der Waals surface area contributed by atoms with E-state index in [2.05, 4.69) is 30.4 Å². The highest BCUT2D eigenvalue weighted by Crippen LogP contribution is 2.34. The lowest BCUT2D eigenvalue weighted by Crippen LogP contribution is -2.44. The van der Waals surface area contributed by atoms with Crippen LogP contribution in [0.2, 0.25) is 0 Å². The Morgan fingerprint density at radius 3 is 2.61 bits per heavy atom. The van der Waals surface area contributed by atoms with E-state index < -0.39 is 0 Å². The number of hydrogen-bond acceptors (Lipinski definition) is 3. The predicted octanol–water partition coefficient (Wildman–Crippen LogP) is 2.48. The first-order valence-electron chi connectivity index (χ1n) is 6.70. The summed E-state index contributed by atoms with van der Waals surface area (Å²) in [5.74, 6) is 0.986. The zero-order valence-corrected chi connectivity index (χ0v) is 11.6. The molecule has 1 aliphatic rings. The quantitative estimate of drug-likeness (QED) is 0.889. The van der Waals surface area contributed by atoms with Crippen LogP contribution < -0.4 is 10.1 Å². The number of nitrogens with one attached hydrogen (secondary N) is 1. The minimum absolute atomic E-state index is 0.0639. The van der Waals surface area contributed by atoms with Gasteiger partial charge in [0.05, 0.1) is 7.11 Å². The molecule has 2 rings (SSSR count). The van der Waals surface area contributed by atoms with Gasteiger partial charge in [-0.2, -0.15) is 0 Å². The lowest BCUT2D eigenvalue weighted by atomic mass is 9.82. The first kappa shape index (κ1) is 13.4. The Kier molecular flexibility index (Phi) is 4.25. The first-order valence-corrected chi connectivity index (χ1v) is 6.70. The van der Waals surface area contributed by atoms with Gasteiger partial charge in [0.15, 0.2) is 0 Å². The summed E-state index contributed by atoms with van der Waals surface area (Å²) in [4.78, 5) is 0. The molecule has 1 heterocycles. The molecule has 0 radical (unpaired) electrons. The summed E-state index contributed by atoms with van der Waals surface area (Å²) in [7, 11) is 3.78. The van der Waals surface area contributed by atoms with Gasteiger partial charge in [-0.3, -0.25) is 0 Å². The molecule has 0 bridgehead atoms. The maximum Gasteiger partial charge on any atom is 0.122 e. The highest BCUT2D eigenvalue weighted by atomic mass is 16.5. The second-order valence-electron chi connectivity index (χ2n) is 4.82. The van der Waals surface area contributed by atoms with Gasteiger partial charge in [0.25, 0.3) is 0 Å². The second-order valence-corrected chi connectivity index (χ2v) is 4.82. The van der Waals surface area contributed by atoms with Gasteiger partial charge >= 0.3 is 0 Å². The third-order valence-corrected chi connectivity index (χ3v) is 4.04. The molecular formula is C15H23NO2. The van der Waals surface area contributed by atoms with Gasteiger partial charge in [-0.1, -0.05) is 19.1 Å². The summed E-state index contributed by atoms with van der Waals surface area (Å²) in [5.41, 5.74) is 2.69. The first-order chi connectivity index (χ1) is 8.75. The summed E-state index contributed by atoms with van der Waals surface area (Å²) >= 11 is 0. The molecule has 0 unspecified atom stereocenters. The Balaban J connectivity index is 2.36. The number of ether oxygens (including phenoxy) is 2. The Morgan fingerprint density at radius 2 is 2.06 bits per heavy atom. The van der Waals surface area contributed by atoms with Gasteiger partial charge in [0.1, 0.15) is 5.75 Å². The molecule has 3 nitrogen and oxygen atoms in total. The zero-order chi connectivity index (χ0) is 13.0. The van der Waals surface area contributed by atoms with Crippen LogP contribution in [0.5, 0.6) is 5.75 Å². The fourth-order valence-corrected chi connectivity index (χ4v) is 2.76. The van der Waals surface area contributed by atoms with E-state index in [0.717, 1.165) is 38.2 Å². The normalized spacial score (nSPS) is 18.6. The van der Waals surface area contributed by atoms with Gasteiger partial charge in [-0.15, -0.1) is 0 Å². The Hall–Kier alpha value is -1.06. The monoisotopic (exact) mass is 249 g/mol. The topological polar surface area (TPSA) is 30.5 Å². The molecule has 1 N–H and O–H groups in total. The standard InChI is InChI=1S/C15H23NO2/c1-4-12-11-13(5-6-14(12)17-3)15(16-2)7-9-18-10-8-15/h5-6,11,16H,4,7-10H2,1-3H3. The van der Waals surface area contributed by atoms with Gasteiger partial charge in [-0.25, -0.2) is 0 Å². The van der Waals surface area contributed by atoms with E-state index in [9.17, 15) is 0 Å². The van der Waals surface area contributed by atoms with E-state index in [0.29, 0.717) is 0 Å². The summed E-state index contributed by atoms with van der Waals surface area (Å²) in [6.07, 6.45) is 3.05. The molecule has 0 spiro atoms. The molecule has 1 aromatic rings. The van der Waals surface area contributed by atoms with Gasteiger partial charge in [-0.05, 0) is 43.5 Å². The fraction of sp³-hybridized carbons (Fsp3) is 0.600. The lowest BCUT2D eigenvalue weighted by molar-refractivity contribution is 0.0398. The Morgan fingerprint density at radius 1 is 1.33 bits per heavy atom. The molecule has 1 fully saturated rings. The highest BCUT2D eigenvalue weighted by Gasteiger charge is 2.33. The molecule has 0 aromatic heterocycles. The van der Waals surface area contributed by atoms with Crippen LogP contribution in [0.15, 0.2) is 18.2 Å². The number of rotatable bonds is 4. The van der Waals surface area contributed by atoms with E-state index >= 15 is 0 Å². The van der Waals surface area contributed by atoms with Crippen molar-refractivity contribution in [1.29, 1.82) is 0 Å². The van der Waals surface area contributed by atoms with Crippen molar-refractivity contribution in [1.82, 2.24) is 5.32 Å². The summed E-state index contributed by atoms with van der Waals surface area (Å²) in [5, 5.41) is 3.50.